The number of nitrogens with zero attached hydrogens (tertiary/aromatic N) is 3. The fourth-order valence-electron chi connectivity index (χ4n) is 1.16. The van der Waals surface area contributed by atoms with Crippen molar-refractivity contribution in [2.24, 2.45) is 10.3 Å². The number of carbonyl (C=O) groups excluding carboxylic acids is 1. The Morgan fingerprint density at radius 3 is 2.32 bits per heavy atom. The minimum Gasteiger partial charge on any atom is -0.480 e. The number of nitrogens with one attached hydrogen (secondary N) is 1. The van der Waals surface area contributed by atoms with Crippen LogP contribution in [0.1, 0.15) is 17.3 Å². The van der Waals surface area contributed by atoms with Crippen molar-refractivity contribution in [3.63, 3.8) is 0 Å². The van der Waals surface area contributed by atoms with Crippen molar-refractivity contribution in [3.05, 3.63) is 29.8 Å². The average Bonchev–Trinajstić information content (AvgIpc) is 2.36. The Hall–Kier alpha value is -2.44. The van der Waals surface area contributed by atoms with Crippen molar-refractivity contribution in [2.75, 3.05) is 14.1 Å². The molecule has 0 aliphatic rings. The molecule has 1 aromatic rings. The Kier molecular flexibility index (Phi) is 4.99. The van der Waals surface area contributed by atoms with Gasteiger partial charge in [0.15, 0.2) is 0 Å². The summed E-state index contributed by atoms with van der Waals surface area (Å²) in [5.41, 5.74) is 0.980. The fraction of sp³-hybridized carbons (Fsp3) is 0.333. The molecule has 7 nitrogen and oxygen atoms in total. The normalized spacial score (nSPS) is 12.2. The van der Waals surface area contributed by atoms with Gasteiger partial charge in [0.25, 0.3) is 5.91 Å². The average molecular weight is 264 g/mol. The molecule has 0 aliphatic carbocycles. The van der Waals surface area contributed by atoms with E-state index in [1.807, 2.05) is 0 Å². The second-order valence-electron chi connectivity index (χ2n) is 4.12. The fourth-order valence-corrected chi connectivity index (χ4v) is 1.16. The molecule has 0 spiro atoms. The second kappa shape index (κ2) is 6.48. The Balaban J connectivity index is 2.71. The molecule has 1 aromatic carbocycles. The van der Waals surface area contributed by atoms with Crippen molar-refractivity contribution >= 4 is 17.6 Å². The summed E-state index contributed by atoms with van der Waals surface area (Å²) in [7, 11) is 3.50. The number of aliphatic carboxylic acids is 1. The van der Waals surface area contributed by atoms with E-state index in [4.69, 9.17) is 5.11 Å². The van der Waals surface area contributed by atoms with E-state index in [2.05, 4.69) is 15.7 Å². The molecule has 0 bridgehead atoms. The van der Waals surface area contributed by atoms with E-state index in [1.165, 1.54) is 6.92 Å². The maximum absolute atomic E-state index is 11.7. The lowest BCUT2D eigenvalue weighted by Gasteiger charge is -2.09. The van der Waals surface area contributed by atoms with Crippen molar-refractivity contribution < 1.29 is 14.7 Å². The molecule has 0 fully saturated rings. The van der Waals surface area contributed by atoms with Crippen LogP contribution < -0.4 is 5.32 Å². The summed E-state index contributed by atoms with van der Waals surface area (Å²) in [6, 6.07) is 5.46. The zero-order valence-corrected chi connectivity index (χ0v) is 11.0. The molecule has 0 heterocycles. The molecular formula is C12H16N4O3. The Morgan fingerprint density at radius 1 is 1.26 bits per heavy atom. The van der Waals surface area contributed by atoms with E-state index < -0.39 is 17.9 Å². The van der Waals surface area contributed by atoms with E-state index >= 15 is 0 Å². The third kappa shape index (κ3) is 4.74. The van der Waals surface area contributed by atoms with Crippen LogP contribution in [0.3, 0.4) is 0 Å². The van der Waals surface area contributed by atoms with Gasteiger partial charge in [-0.15, -0.1) is 5.11 Å². The number of rotatable bonds is 5. The van der Waals surface area contributed by atoms with Crippen LogP contribution in [-0.2, 0) is 4.79 Å². The summed E-state index contributed by atoms with van der Waals surface area (Å²) in [6.45, 7) is 1.40. The summed E-state index contributed by atoms with van der Waals surface area (Å²) in [4.78, 5) is 22.3. The van der Waals surface area contributed by atoms with E-state index in [1.54, 1.807) is 43.4 Å². The van der Waals surface area contributed by atoms with Gasteiger partial charge < -0.3 is 10.4 Å². The number of carboxylic acid groups (broad SMARTS) is 1. The van der Waals surface area contributed by atoms with Crippen LogP contribution >= 0.6 is 0 Å². The number of carboxylic acids is 1. The van der Waals surface area contributed by atoms with Gasteiger partial charge in [-0.05, 0) is 31.2 Å². The van der Waals surface area contributed by atoms with Gasteiger partial charge >= 0.3 is 5.97 Å². The molecule has 1 rings (SSSR count). The Morgan fingerprint density at radius 2 is 1.84 bits per heavy atom. The molecule has 1 amide bonds. The second-order valence-corrected chi connectivity index (χ2v) is 4.12. The van der Waals surface area contributed by atoms with Gasteiger partial charge in [0.1, 0.15) is 6.04 Å². The standard InChI is InChI=1S/C12H16N4O3/c1-8(12(18)19)13-11(17)9-4-6-10(7-5-9)14-15-16(2)3/h4-8H,1-3H3,(H,13,17)(H,18,19). The maximum atomic E-state index is 11.7. The van der Waals surface area contributed by atoms with E-state index in [0.29, 0.717) is 11.3 Å². The smallest absolute Gasteiger partial charge is 0.325 e. The first-order valence-corrected chi connectivity index (χ1v) is 5.63. The molecule has 1 atom stereocenters. The number of amides is 1. The molecule has 0 saturated carbocycles. The van der Waals surface area contributed by atoms with Crippen molar-refractivity contribution in [1.82, 2.24) is 10.3 Å². The van der Waals surface area contributed by atoms with Gasteiger partial charge in [0, 0.05) is 19.7 Å². The summed E-state index contributed by atoms with van der Waals surface area (Å²) < 4.78 is 0. The molecule has 0 aliphatic heterocycles. The predicted octanol–water partition coefficient (Wildman–Crippen LogP) is 1.45. The zero-order chi connectivity index (χ0) is 14.4. The van der Waals surface area contributed by atoms with Crippen LogP contribution in [0.2, 0.25) is 0 Å². The summed E-state index contributed by atoms with van der Waals surface area (Å²) in [6.07, 6.45) is 0. The van der Waals surface area contributed by atoms with Crippen LogP contribution in [-0.4, -0.2) is 42.1 Å². The summed E-state index contributed by atoms with van der Waals surface area (Å²) >= 11 is 0. The molecule has 7 heteroatoms. The quantitative estimate of drug-likeness (QED) is 0.621. The molecule has 0 saturated heterocycles. The highest BCUT2D eigenvalue weighted by Crippen LogP contribution is 2.13. The van der Waals surface area contributed by atoms with Crippen molar-refractivity contribution in [3.8, 4) is 0 Å². The molecule has 0 aromatic heterocycles. The van der Waals surface area contributed by atoms with Crippen LogP contribution in [0.15, 0.2) is 34.6 Å². The Bertz CT molecular complexity index is 482. The van der Waals surface area contributed by atoms with Crippen molar-refractivity contribution in [2.45, 2.75) is 13.0 Å². The van der Waals surface area contributed by atoms with Gasteiger partial charge in [-0.2, -0.15) is 0 Å². The van der Waals surface area contributed by atoms with Crippen LogP contribution in [0, 0.1) is 0 Å². The first kappa shape index (κ1) is 14.6. The van der Waals surface area contributed by atoms with E-state index in [-0.39, 0.29) is 0 Å². The molecule has 2 N–H and O–H groups in total. The van der Waals surface area contributed by atoms with Crippen LogP contribution in [0.25, 0.3) is 0 Å². The summed E-state index contributed by atoms with van der Waals surface area (Å²) in [5, 5.41) is 20.4. The molecule has 1 unspecified atom stereocenters. The lowest BCUT2D eigenvalue weighted by Crippen LogP contribution is -2.38. The number of hydrogen-bond acceptors (Lipinski definition) is 4. The molecule has 102 valence electrons. The predicted molar refractivity (Wildman–Crippen MR) is 69.2 cm³/mol. The third-order valence-corrected chi connectivity index (χ3v) is 2.19. The molecule has 0 radical (unpaired) electrons. The zero-order valence-electron chi connectivity index (χ0n) is 11.0. The number of benzene rings is 1. The lowest BCUT2D eigenvalue weighted by molar-refractivity contribution is -0.138. The van der Waals surface area contributed by atoms with Crippen LogP contribution in [0.5, 0.6) is 0 Å². The number of carbonyl (C=O) groups is 2. The number of hydrogen-bond donors (Lipinski definition) is 2. The van der Waals surface area contributed by atoms with Crippen LogP contribution in [0.4, 0.5) is 5.69 Å². The van der Waals surface area contributed by atoms with Gasteiger partial charge in [0.2, 0.25) is 0 Å². The van der Waals surface area contributed by atoms with E-state index in [9.17, 15) is 9.59 Å². The van der Waals surface area contributed by atoms with E-state index in [0.717, 1.165) is 0 Å². The lowest BCUT2D eigenvalue weighted by atomic mass is 10.2. The minimum absolute atomic E-state index is 0.372. The highest BCUT2D eigenvalue weighted by Gasteiger charge is 2.14. The topological polar surface area (TPSA) is 94.4 Å². The largest absolute Gasteiger partial charge is 0.480 e. The highest BCUT2D eigenvalue weighted by atomic mass is 16.4. The van der Waals surface area contributed by atoms with Gasteiger partial charge in [-0.3, -0.25) is 14.6 Å². The first-order chi connectivity index (χ1) is 8.90. The summed E-state index contributed by atoms with van der Waals surface area (Å²) in [5.74, 6) is -1.52. The first-order valence-electron chi connectivity index (χ1n) is 5.63. The molecular weight excluding hydrogens is 248 g/mol. The van der Waals surface area contributed by atoms with Crippen molar-refractivity contribution in [1.29, 1.82) is 0 Å². The van der Waals surface area contributed by atoms with Gasteiger partial charge in [-0.25, -0.2) is 0 Å². The SMILES string of the molecule is CC(NC(=O)c1ccc(N=NN(C)C)cc1)C(=O)O. The molecule has 19 heavy (non-hydrogen) atoms. The highest BCUT2D eigenvalue weighted by molar-refractivity contribution is 5.96. The van der Waals surface area contributed by atoms with Gasteiger partial charge in [-0.1, -0.05) is 5.22 Å². The third-order valence-electron chi connectivity index (χ3n) is 2.19. The Labute approximate surface area is 110 Å². The minimum atomic E-state index is -1.08. The van der Waals surface area contributed by atoms with Gasteiger partial charge in [0.05, 0.1) is 5.69 Å². The maximum Gasteiger partial charge on any atom is 0.325 e. The monoisotopic (exact) mass is 264 g/mol.